The molecule has 0 saturated heterocycles. The molecule has 3 N–H and O–H groups in total. The highest BCUT2D eigenvalue weighted by molar-refractivity contribution is 5.66. The molecule has 0 aromatic heterocycles. The molecular formula is C12H17NO3. The highest BCUT2D eigenvalue weighted by atomic mass is 16.5. The van der Waals surface area contributed by atoms with Gasteiger partial charge in [-0.15, -0.1) is 0 Å². The maximum Gasteiger partial charge on any atom is 0.303 e. The molecule has 4 heteroatoms. The number of carboxylic acids is 1. The van der Waals surface area contributed by atoms with E-state index in [1.165, 1.54) is 0 Å². The van der Waals surface area contributed by atoms with E-state index in [4.69, 9.17) is 15.6 Å². The summed E-state index contributed by atoms with van der Waals surface area (Å²) in [5, 5.41) is 8.53. The molecule has 0 heterocycles. The van der Waals surface area contributed by atoms with Gasteiger partial charge in [0, 0.05) is 18.0 Å². The molecule has 0 saturated carbocycles. The first-order chi connectivity index (χ1) is 7.65. The van der Waals surface area contributed by atoms with Gasteiger partial charge in [-0.25, -0.2) is 0 Å². The largest absolute Gasteiger partial charge is 0.496 e. The van der Waals surface area contributed by atoms with Gasteiger partial charge in [0.25, 0.3) is 0 Å². The number of carbonyl (C=O) groups is 1. The van der Waals surface area contributed by atoms with Gasteiger partial charge in [-0.05, 0) is 18.9 Å². The van der Waals surface area contributed by atoms with E-state index in [0.29, 0.717) is 12.8 Å². The average molecular weight is 223 g/mol. The first-order valence-corrected chi connectivity index (χ1v) is 5.25. The molecule has 0 fully saturated rings. The standard InChI is InChI=1S/C12H17NO3/c1-16-11-7-3-2-5-9(11)10(13)6-4-8-12(14)15/h2-3,5,7,10H,4,6,8,13H2,1H3,(H,14,15). The summed E-state index contributed by atoms with van der Waals surface area (Å²) in [6.45, 7) is 0. The van der Waals surface area contributed by atoms with E-state index < -0.39 is 5.97 Å². The first kappa shape index (κ1) is 12.5. The summed E-state index contributed by atoms with van der Waals surface area (Å²) in [4.78, 5) is 10.4. The Morgan fingerprint density at radius 3 is 2.81 bits per heavy atom. The van der Waals surface area contributed by atoms with Crippen LogP contribution in [0.4, 0.5) is 0 Å². The Morgan fingerprint density at radius 2 is 2.19 bits per heavy atom. The molecule has 88 valence electrons. The number of aliphatic carboxylic acids is 1. The smallest absolute Gasteiger partial charge is 0.303 e. The van der Waals surface area contributed by atoms with Gasteiger partial charge in [-0.1, -0.05) is 18.2 Å². The summed E-state index contributed by atoms with van der Waals surface area (Å²) in [7, 11) is 1.60. The van der Waals surface area contributed by atoms with Crippen molar-refractivity contribution in [3.05, 3.63) is 29.8 Å². The van der Waals surface area contributed by atoms with Crippen LogP contribution in [0.15, 0.2) is 24.3 Å². The van der Waals surface area contributed by atoms with Crippen LogP contribution < -0.4 is 10.5 Å². The van der Waals surface area contributed by atoms with E-state index in [2.05, 4.69) is 0 Å². The summed E-state index contributed by atoms with van der Waals surface area (Å²) in [6, 6.07) is 7.37. The van der Waals surface area contributed by atoms with Crippen LogP contribution in [0.25, 0.3) is 0 Å². The fourth-order valence-electron chi connectivity index (χ4n) is 1.60. The Morgan fingerprint density at radius 1 is 1.50 bits per heavy atom. The lowest BCUT2D eigenvalue weighted by molar-refractivity contribution is -0.137. The van der Waals surface area contributed by atoms with E-state index >= 15 is 0 Å². The number of hydrogen-bond acceptors (Lipinski definition) is 3. The predicted molar refractivity (Wildman–Crippen MR) is 61.4 cm³/mol. The van der Waals surface area contributed by atoms with Crippen LogP contribution in [-0.4, -0.2) is 18.2 Å². The lowest BCUT2D eigenvalue weighted by Crippen LogP contribution is -2.12. The van der Waals surface area contributed by atoms with Crippen molar-refractivity contribution in [2.45, 2.75) is 25.3 Å². The Hall–Kier alpha value is -1.55. The molecule has 0 bridgehead atoms. The molecule has 16 heavy (non-hydrogen) atoms. The summed E-state index contributed by atoms with van der Waals surface area (Å²) >= 11 is 0. The minimum absolute atomic E-state index is 0.156. The van der Waals surface area contributed by atoms with Gasteiger partial charge >= 0.3 is 5.97 Å². The third-order valence-corrected chi connectivity index (χ3v) is 2.44. The third-order valence-electron chi connectivity index (χ3n) is 2.44. The van der Waals surface area contributed by atoms with Gasteiger partial charge in [0.1, 0.15) is 5.75 Å². The summed E-state index contributed by atoms with van der Waals surface area (Å²) in [5.74, 6) is -0.0300. The summed E-state index contributed by atoms with van der Waals surface area (Å²) in [6.07, 6.45) is 1.38. The van der Waals surface area contributed by atoms with Crippen LogP contribution in [0.5, 0.6) is 5.75 Å². The summed E-state index contributed by atoms with van der Waals surface area (Å²) < 4.78 is 5.20. The monoisotopic (exact) mass is 223 g/mol. The van der Waals surface area contributed by atoms with Gasteiger partial charge in [0.05, 0.1) is 7.11 Å². The Labute approximate surface area is 95.0 Å². The van der Waals surface area contributed by atoms with Crippen LogP contribution in [0.1, 0.15) is 30.9 Å². The second kappa shape index (κ2) is 6.12. The van der Waals surface area contributed by atoms with Crippen molar-refractivity contribution in [1.29, 1.82) is 0 Å². The van der Waals surface area contributed by atoms with Crippen LogP contribution in [0.2, 0.25) is 0 Å². The van der Waals surface area contributed by atoms with Crippen LogP contribution in [-0.2, 0) is 4.79 Å². The second-order valence-electron chi connectivity index (χ2n) is 3.63. The van der Waals surface area contributed by atoms with Gasteiger partial charge < -0.3 is 15.6 Å². The van der Waals surface area contributed by atoms with E-state index in [1.807, 2.05) is 24.3 Å². The molecule has 1 aromatic carbocycles. The highest BCUT2D eigenvalue weighted by Gasteiger charge is 2.11. The molecule has 4 nitrogen and oxygen atoms in total. The normalized spacial score (nSPS) is 12.1. The fraction of sp³-hybridized carbons (Fsp3) is 0.417. The number of methoxy groups -OCH3 is 1. The second-order valence-corrected chi connectivity index (χ2v) is 3.63. The van der Waals surface area contributed by atoms with Gasteiger partial charge in [-0.3, -0.25) is 4.79 Å². The van der Waals surface area contributed by atoms with Crippen molar-refractivity contribution < 1.29 is 14.6 Å². The lowest BCUT2D eigenvalue weighted by atomic mass is 10.0. The van der Waals surface area contributed by atoms with Gasteiger partial charge in [0.2, 0.25) is 0 Å². The number of carboxylic acid groups (broad SMARTS) is 1. The van der Waals surface area contributed by atoms with E-state index in [9.17, 15) is 4.79 Å². The lowest BCUT2D eigenvalue weighted by Gasteiger charge is -2.14. The van der Waals surface area contributed by atoms with Crippen molar-refractivity contribution in [3.8, 4) is 5.75 Å². The Kier molecular flexibility index (Phi) is 4.79. The molecule has 1 atom stereocenters. The molecular weight excluding hydrogens is 206 g/mol. The average Bonchev–Trinajstić information content (AvgIpc) is 2.28. The van der Waals surface area contributed by atoms with Crippen molar-refractivity contribution in [3.63, 3.8) is 0 Å². The van der Waals surface area contributed by atoms with E-state index in [-0.39, 0.29) is 12.5 Å². The molecule has 0 aliphatic rings. The Balaban J connectivity index is 2.58. The maximum atomic E-state index is 10.4. The molecule has 1 rings (SSSR count). The molecule has 0 aliphatic heterocycles. The van der Waals surface area contributed by atoms with Crippen LogP contribution in [0, 0.1) is 0 Å². The quantitative estimate of drug-likeness (QED) is 0.773. The predicted octanol–water partition coefficient (Wildman–Crippen LogP) is 1.95. The minimum atomic E-state index is -0.785. The van der Waals surface area contributed by atoms with Crippen molar-refractivity contribution in [2.75, 3.05) is 7.11 Å². The Bertz CT molecular complexity index is 352. The number of ether oxygens (including phenoxy) is 1. The zero-order valence-electron chi connectivity index (χ0n) is 9.35. The SMILES string of the molecule is COc1ccccc1C(N)CCCC(=O)O. The maximum absolute atomic E-state index is 10.4. The molecule has 0 radical (unpaired) electrons. The fourth-order valence-corrected chi connectivity index (χ4v) is 1.60. The molecule has 1 unspecified atom stereocenters. The van der Waals surface area contributed by atoms with E-state index in [0.717, 1.165) is 11.3 Å². The number of hydrogen-bond donors (Lipinski definition) is 2. The van der Waals surface area contributed by atoms with Crippen molar-refractivity contribution >= 4 is 5.97 Å². The summed E-state index contributed by atoms with van der Waals surface area (Å²) in [5.41, 5.74) is 6.91. The molecule has 0 spiro atoms. The van der Waals surface area contributed by atoms with Crippen molar-refractivity contribution in [1.82, 2.24) is 0 Å². The number of benzene rings is 1. The number of rotatable bonds is 6. The topological polar surface area (TPSA) is 72.5 Å². The third kappa shape index (κ3) is 3.55. The molecule has 0 aliphatic carbocycles. The van der Waals surface area contributed by atoms with E-state index in [1.54, 1.807) is 7.11 Å². The minimum Gasteiger partial charge on any atom is -0.496 e. The van der Waals surface area contributed by atoms with Crippen LogP contribution >= 0.6 is 0 Å². The number of nitrogens with two attached hydrogens (primary N) is 1. The molecule has 1 aromatic rings. The van der Waals surface area contributed by atoms with Gasteiger partial charge in [-0.2, -0.15) is 0 Å². The zero-order chi connectivity index (χ0) is 12.0. The molecule has 0 amide bonds. The van der Waals surface area contributed by atoms with Gasteiger partial charge in [0.15, 0.2) is 0 Å². The highest BCUT2D eigenvalue weighted by Crippen LogP contribution is 2.26. The first-order valence-electron chi connectivity index (χ1n) is 5.25. The zero-order valence-corrected chi connectivity index (χ0v) is 9.35. The van der Waals surface area contributed by atoms with Crippen LogP contribution in [0.3, 0.4) is 0 Å². The van der Waals surface area contributed by atoms with Crippen molar-refractivity contribution in [2.24, 2.45) is 5.73 Å². The number of para-hydroxylation sites is 1.